The van der Waals surface area contributed by atoms with Gasteiger partial charge in [-0.15, -0.1) is 0 Å². The molecule has 1 amide bonds. The van der Waals surface area contributed by atoms with Crippen molar-refractivity contribution >= 4 is 28.3 Å². The fourth-order valence-corrected chi connectivity index (χ4v) is 4.14. The molecule has 0 radical (unpaired) electrons. The molecule has 7 nitrogen and oxygen atoms in total. The Bertz CT molecular complexity index is 1320. The van der Waals surface area contributed by atoms with Gasteiger partial charge in [0.15, 0.2) is 0 Å². The molecule has 172 valence electrons. The maximum absolute atomic E-state index is 13.9. The van der Waals surface area contributed by atoms with E-state index in [2.05, 4.69) is 6.92 Å². The van der Waals surface area contributed by atoms with Crippen molar-refractivity contribution in [3.05, 3.63) is 76.3 Å². The van der Waals surface area contributed by atoms with Crippen LogP contribution in [0.2, 0.25) is 0 Å². The van der Waals surface area contributed by atoms with E-state index >= 15 is 0 Å². The van der Waals surface area contributed by atoms with E-state index in [0.29, 0.717) is 48.5 Å². The molecular weight excluding hydrogens is 416 g/mol. The van der Waals surface area contributed by atoms with Crippen LogP contribution in [0.4, 0.5) is 5.69 Å². The van der Waals surface area contributed by atoms with Crippen molar-refractivity contribution in [3.63, 3.8) is 0 Å². The zero-order chi connectivity index (χ0) is 23.4. The lowest BCUT2D eigenvalue weighted by atomic mass is 10.2. The van der Waals surface area contributed by atoms with Crippen LogP contribution >= 0.6 is 0 Å². The Kier molecular flexibility index (Phi) is 6.89. The summed E-state index contributed by atoms with van der Waals surface area (Å²) in [6.07, 6.45) is 4.28. The zero-order valence-electron chi connectivity index (χ0n) is 19.5. The highest BCUT2D eigenvalue weighted by Crippen LogP contribution is 2.23. The van der Waals surface area contributed by atoms with Crippen LogP contribution in [-0.4, -0.2) is 40.1 Å². The molecule has 33 heavy (non-hydrogen) atoms. The Balaban J connectivity index is 1.90. The Hall–Kier alpha value is -3.45. The lowest BCUT2D eigenvalue weighted by Crippen LogP contribution is -2.33. The monoisotopic (exact) mass is 446 g/mol. The van der Waals surface area contributed by atoms with Crippen molar-refractivity contribution in [2.75, 3.05) is 25.2 Å². The number of amides is 1. The van der Waals surface area contributed by atoms with Gasteiger partial charge in [0.05, 0.1) is 5.39 Å². The molecule has 0 unspecified atom stereocenters. The number of anilines is 1. The molecule has 3 aromatic heterocycles. The maximum Gasteiger partial charge on any atom is 0.274 e. The molecule has 4 rings (SSSR count). The average Bonchev–Trinajstić information content (AvgIpc) is 3.20. The molecule has 0 saturated carbocycles. The van der Waals surface area contributed by atoms with Crippen molar-refractivity contribution in [2.45, 2.75) is 39.7 Å². The van der Waals surface area contributed by atoms with Crippen molar-refractivity contribution in [1.29, 1.82) is 0 Å². The molecule has 0 atom stereocenters. The Morgan fingerprint density at radius 3 is 2.61 bits per heavy atom. The Morgan fingerprint density at radius 1 is 1.09 bits per heavy atom. The molecule has 0 bridgehead atoms. The van der Waals surface area contributed by atoms with Gasteiger partial charge < -0.3 is 14.2 Å². The minimum atomic E-state index is -0.168. The molecule has 4 aromatic rings. The summed E-state index contributed by atoms with van der Waals surface area (Å²) in [4.78, 5) is 33.8. The molecule has 1 aromatic carbocycles. The first-order chi connectivity index (χ1) is 16.1. The first-order valence-electron chi connectivity index (χ1n) is 11.4. The molecule has 7 heteroatoms. The first kappa shape index (κ1) is 22.7. The van der Waals surface area contributed by atoms with Crippen molar-refractivity contribution < 1.29 is 9.53 Å². The van der Waals surface area contributed by atoms with Gasteiger partial charge in [-0.25, -0.2) is 4.98 Å². The third-order valence-electron chi connectivity index (χ3n) is 5.89. The van der Waals surface area contributed by atoms with Crippen LogP contribution in [0.15, 0.2) is 59.5 Å². The number of carbonyl (C=O) groups is 1. The fraction of sp³-hybridized carbons (Fsp3) is 0.346. The summed E-state index contributed by atoms with van der Waals surface area (Å²) < 4.78 is 8.67. The molecule has 0 fully saturated rings. The number of rotatable bonds is 9. The summed E-state index contributed by atoms with van der Waals surface area (Å²) in [6.45, 7) is 5.72. The van der Waals surface area contributed by atoms with E-state index in [1.165, 1.54) is 0 Å². The van der Waals surface area contributed by atoms with Gasteiger partial charge in [-0.1, -0.05) is 37.6 Å². The van der Waals surface area contributed by atoms with Gasteiger partial charge in [-0.2, -0.15) is 0 Å². The van der Waals surface area contributed by atoms with Crippen molar-refractivity contribution in [2.24, 2.45) is 0 Å². The second kappa shape index (κ2) is 10.0. The third-order valence-corrected chi connectivity index (χ3v) is 5.89. The number of ether oxygens (including phenoxy) is 1. The Labute approximate surface area is 193 Å². The molecule has 0 saturated heterocycles. The van der Waals surface area contributed by atoms with Crippen LogP contribution in [0.3, 0.4) is 0 Å². The summed E-state index contributed by atoms with van der Waals surface area (Å²) in [7, 11) is 1.66. The van der Waals surface area contributed by atoms with Crippen molar-refractivity contribution in [3.8, 4) is 0 Å². The summed E-state index contributed by atoms with van der Waals surface area (Å²) in [6, 6.07) is 15.1. The van der Waals surface area contributed by atoms with Crippen LogP contribution in [0, 0.1) is 6.92 Å². The van der Waals surface area contributed by atoms with Gasteiger partial charge >= 0.3 is 0 Å². The minimum Gasteiger partial charge on any atom is -0.385 e. The van der Waals surface area contributed by atoms with Gasteiger partial charge in [-0.3, -0.25) is 14.0 Å². The fourth-order valence-electron chi connectivity index (χ4n) is 4.14. The van der Waals surface area contributed by atoms with Crippen LogP contribution in [0.5, 0.6) is 0 Å². The van der Waals surface area contributed by atoms with Crippen LogP contribution < -0.4 is 10.5 Å². The topological polar surface area (TPSA) is 68.8 Å². The number of unbranched alkanes of at least 4 members (excludes halogenated alkanes) is 1. The number of carbonyl (C=O) groups excluding carboxylic acids is 1. The minimum absolute atomic E-state index is 0.129. The highest BCUT2D eigenvalue weighted by molar-refractivity contribution is 6.07. The lowest BCUT2D eigenvalue weighted by molar-refractivity contribution is 0.0977. The standard InChI is InChI=1S/C26H30N4O3/c1-4-5-14-28(20-12-7-6-8-13-20)26(32)22-18-21-24(29(22)16-10-17-33-3)27-23-19(2)11-9-15-30(23)25(21)31/h6-9,11-13,15,18H,4-5,10,14,16-17H2,1-3H3. The number of benzene rings is 1. The quantitative estimate of drug-likeness (QED) is 0.357. The first-order valence-corrected chi connectivity index (χ1v) is 11.4. The van der Waals surface area contributed by atoms with E-state index < -0.39 is 0 Å². The SMILES string of the molecule is CCCCN(C(=O)c1cc2c(=O)n3cccc(C)c3nc2n1CCCOC)c1ccccc1. The summed E-state index contributed by atoms with van der Waals surface area (Å²) in [5, 5.41) is 0.447. The zero-order valence-corrected chi connectivity index (χ0v) is 19.5. The highest BCUT2D eigenvalue weighted by Gasteiger charge is 2.25. The van der Waals surface area contributed by atoms with Gasteiger partial charge in [-0.05, 0) is 49.6 Å². The van der Waals surface area contributed by atoms with Crippen LogP contribution in [0.25, 0.3) is 16.7 Å². The molecule has 0 aliphatic heterocycles. The van der Waals surface area contributed by atoms with E-state index in [-0.39, 0.29) is 11.5 Å². The van der Waals surface area contributed by atoms with Gasteiger partial charge in [0.1, 0.15) is 17.0 Å². The average molecular weight is 447 g/mol. The van der Waals surface area contributed by atoms with Gasteiger partial charge in [0.25, 0.3) is 11.5 Å². The van der Waals surface area contributed by atoms with E-state index in [9.17, 15) is 9.59 Å². The molecule has 0 aliphatic rings. The summed E-state index contributed by atoms with van der Waals surface area (Å²) in [5.41, 5.74) is 3.19. The molecule has 3 heterocycles. The van der Waals surface area contributed by atoms with E-state index in [1.54, 1.807) is 28.7 Å². The van der Waals surface area contributed by atoms with Gasteiger partial charge in [0.2, 0.25) is 0 Å². The number of fused-ring (bicyclic) bond motifs is 2. The largest absolute Gasteiger partial charge is 0.385 e. The smallest absolute Gasteiger partial charge is 0.274 e. The summed E-state index contributed by atoms with van der Waals surface area (Å²) in [5.74, 6) is -0.129. The van der Waals surface area contributed by atoms with Gasteiger partial charge in [0, 0.05) is 38.7 Å². The number of methoxy groups -OCH3 is 1. The number of aromatic nitrogens is 3. The number of para-hydroxylation sites is 1. The van der Waals surface area contributed by atoms with Crippen LogP contribution in [0.1, 0.15) is 42.2 Å². The number of hydrogen-bond donors (Lipinski definition) is 0. The molecule has 0 spiro atoms. The van der Waals surface area contributed by atoms with Crippen molar-refractivity contribution in [1.82, 2.24) is 14.0 Å². The predicted molar refractivity (Wildman–Crippen MR) is 131 cm³/mol. The Morgan fingerprint density at radius 2 is 1.88 bits per heavy atom. The number of nitrogens with zero attached hydrogens (tertiary/aromatic N) is 4. The third kappa shape index (κ3) is 4.41. The maximum atomic E-state index is 13.9. The summed E-state index contributed by atoms with van der Waals surface area (Å²) >= 11 is 0. The highest BCUT2D eigenvalue weighted by atomic mass is 16.5. The van der Waals surface area contributed by atoms with E-state index in [0.717, 1.165) is 24.1 Å². The second-order valence-electron chi connectivity index (χ2n) is 8.21. The second-order valence-corrected chi connectivity index (χ2v) is 8.21. The number of pyridine rings is 1. The normalized spacial score (nSPS) is 11.4. The number of hydrogen-bond acceptors (Lipinski definition) is 4. The molecular formula is C26H30N4O3. The van der Waals surface area contributed by atoms with E-state index in [1.807, 2.05) is 54.0 Å². The lowest BCUT2D eigenvalue weighted by Gasteiger charge is -2.23. The van der Waals surface area contributed by atoms with Crippen LogP contribution in [-0.2, 0) is 11.3 Å². The van der Waals surface area contributed by atoms with E-state index in [4.69, 9.17) is 9.72 Å². The molecule has 0 N–H and O–H groups in total. The molecule has 0 aliphatic carbocycles. The predicted octanol–water partition coefficient (Wildman–Crippen LogP) is 4.44. The number of aryl methyl sites for hydroxylation is 2.